The van der Waals surface area contributed by atoms with Gasteiger partial charge in [0, 0.05) is 44.0 Å². The maximum absolute atomic E-state index is 13.1. The zero-order chi connectivity index (χ0) is 23.8. The van der Waals surface area contributed by atoms with E-state index in [-0.39, 0.29) is 61.4 Å². The Balaban J connectivity index is 1.46. The van der Waals surface area contributed by atoms with Crippen LogP contribution in [0.3, 0.4) is 0 Å². The van der Waals surface area contributed by atoms with Crippen molar-refractivity contribution in [3.63, 3.8) is 0 Å². The summed E-state index contributed by atoms with van der Waals surface area (Å²) in [6.45, 7) is 2.42. The Morgan fingerprint density at radius 1 is 1.03 bits per heavy atom. The SMILES string of the molecule is Cc1ccc(N2N=C(C(=O)N3CCN(S(=O)(=O)c4ccc(F)cc4)CC3)CCC2=O)cc1Cl. The molecule has 2 aromatic rings. The van der Waals surface area contributed by atoms with Crippen molar-refractivity contribution in [1.29, 1.82) is 0 Å². The summed E-state index contributed by atoms with van der Waals surface area (Å²) in [5.41, 5.74) is 1.58. The van der Waals surface area contributed by atoms with Gasteiger partial charge in [0.05, 0.1) is 10.6 Å². The Hall–Kier alpha value is -2.82. The number of sulfonamides is 1. The van der Waals surface area contributed by atoms with Gasteiger partial charge in [0.15, 0.2) is 0 Å². The molecule has 174 valence electrons. The minimum atomic E-state index is -3.78. The van der Waals surface area contributed by atoms with Gasteiger partial charge in [-0.3, -0.25) is 9.59 Å². The molecule has 2 heterocycles. The molecule has 0 N–H and O–H groups in total. The molecule has 0 radical (unpaired) electrons. The van der Waals surface area contributed by atoms with Gasteiger partial charge in [-0.1, -0.05) is 17.7 Å². The van der Waals surface area contributed by atoms with Crippen LogP contribution < -0.4 is 5.01 Å². The topological polar surface area (TPSA) is 90.4 Å². The molecule has 2 aliphatic heterocycles. The number of anilines is 1. The van der Waals surface area contributed by atoms with Crippen molar-refractivity contribution in [2.45, 2.75) is 24.7 Å². The van der Waals surface area contributed by atoms with Crippen LogP contribution in [0.15, 0.2) is 52.5 Å². The van der Waals surface area contributed by atoms with Crippen molar-refractivity contribution in [2.24, 2.45) is 5.10 Å². The van der Waals surface area contributed by atoms with E-state index < -0.39 is 15.8 Å². The minimum Gasteiger partial charge on any atom is -0.335 e. The molecule has 0 aromatic heterocycles. The molecule has 2 aromatic carbocycles. The Morgan fingerprint density at radius 3 is 2.33 bits per heavy atom. The number of rotatable bonds is 4. The Morgan fingerprint density at radius 2 is 1.70 bits per heavy atom. The van der Waals surface area contributed by atoms with Crippen LogP contribution in [-0.2, 0) is 19.6 Å². The van der Waals surface area contributed by atoms with Gasteiger partial charge >= 0.3 is 0 Å². The lowest BCUT2D eigenvalue weighted by atomic mass is 10.1. The summed E-state index contributed by atoms with van der Waals surface area (Å²) in [5, 5.41) is 5.97. The Bertz CT molecular complexity index is 1230. The highest BCUT2D eigenvalue weighted by Gasteiger charge is 2.33. The van der Waals surface area contributed by atoms with Crippen LogP contribution in [0.25, 0.3) is 0 Å². The number of carbonyl (C=O) groups excluding carboxylic acids is 2. The smallest absolute Gasteiger partial charge is 0.270 e. The Kier molecular flexibility index (Phi) is 6.51. The van der Waals surface area contributed by atoms with Crippen LogP contribution in [0.2, 0.25) is 5.02 Å². The van der Waals surface area contributed by atoms with Crippen molar-refractivity contribution >= 4 is 44.8 Å². The summed E-state index contributed by atoms with van der Waals surface area (Å²) < 4.78 is 40.0. The van der Waals surface area contributed by atoms with Crippen molar-refractivity contribution in [1.82, 2.24) is 9.21 Å². The third-order valence-electron chi connectivity index (χ3n) is 5.66. The first-order valence-electron chi connectivity index (χ1n) is 10.4. The van der Waals surface area contributed by atoms with Gasteiger partial charge in [0.1, 0.15) is 11.5 Å². The highest BCUT2D eigenvalue weighted by molar-refractivity contribution is 7.89. The van der Waals surface area contributed by atoms with Crippen LogP contribution >= 0.6 is 11.6 Å². The lowest BCUT2D eigenvalue weighted by molar-refractivity contribution is -0.125. The number of amides is 2. The molecule has 8 nitrogen and oxygen atoms in total. The monoisotopic (exact) mass is 492 g/mol. The quantitative estimate of drug-likeness (QED) is 0.656. The fourth-order valence-corrected chi connectivity index (χ4v) is 5.29. The van der Waals surface area contributed by atoms with Gasteiger partial charge in [0.25, 0.3) is 5.91 Å². The number of halogens is 2. The summed E-state index contributed by atoms with van der Waals surface area (Å²) in [4.78, 5) is 27.0. The third kappa shape index (κ3) is 4.78. The lowest BCUT2D eigenvalue weighted by Crippen LogP contribution is -2.52. The van der Waals surface area contributed by atoms with E-state index in [1.165, 1.54) is 26.3 Å². The van der Waals surface area contributed by atoms with E-state index in [9.17, 15) is 22.4 Å². The standard InChI is InChI=1S/C22H22ClFN4O4S/c1-15-2-5-17(14-19(15)23)28-21(29)9-8-20(25-28)22(30)26-10-12-27(13-11-26)33(31,32)18-6-3-16(24)4-7-18/h2-7,14H,8-13H2,1H3. The second kappa shape index (κ2) is 9.20. The maximum Gasteiger partial charge on any atom is 0.270 e. The van der Waals surface area contributed by atoms with Crippen LogP contribution in [0, 0.1) is 12.7 Å². The predicted molar refractivity (Wildman–Crippen MR) is 122 cm³/mol. The number of nitrogens with zero attached hydrogens (tertiary/aromatic N) is 4. The molecule has 0 saturated carbocycles. The molecule has 0 bridgehead atoms. The van der Waals surface area contributed by atoms with Crippen molar-refractivity contribution in [2.75, 3.05) is 31.2 Å². The van der Waals surface area contributed by atoms with E-state index in [1.54, 1.807) is 18.2 Å². The van der Waals surface area contributed by atoms with Gasteiger partial charge in [-0.05, 0) is 48.9 Å². The molecule has 2 amide bonds. The van der Waals surface area contributed by atoms with Gasteiger partial charge < -0.3 is 4.90 Å². The maximum atomic E-state index is 13.1. The first kappa shape index (κ1) is 23.3. The van der Waals surface area contributed by atoms with Gasteiger partial charge in [-0.2, -0.15) is 9.41 Å². The first-order valence-corrected chi connectivity index (χ1v) is 12.2. The highest BCUT2D eigenvalue weighted by Crippen LogP contribution is 2.26. The number of carbonyl (C=O) groups is 2. The van der Waals surface area contributed by atoms with E-state index in [2.05, 4.69) is 5.10 Å². The summed E-state index contributed by atoms with van der Waals surface area (Å²) >= 11 is 6.17. The average Bonchev–Trinajstić information content (AvgIpc) is 2.81. The largest absolute Gasteiger partial charge is 0.335 e. The minimum absolute atomic E-state index is 0.00578. The van der Waals surface area contributed by atoms with Crippen molar-refractivity contribution in [3.05, 3.63) is 58.9 Å². The van der Waals surface area contributed by atoms with Gasteiger partial charge in [-0.15, -0.1) is 0 Å². The number of piperazine rings is 1. The summed E-state index contributed by atoms with van der Waals surface area (Å²) in [5.74, 6) is -1.08. The van der Waals surface area contributed by atoms with Gasteiger partial charge in [-0.25, -0.2) is 17.8 Å². The molecule has 0 unspecified atom stereocenters. The zero-order valence-electron chi connectivity index (χ0n) is 17.9. The van der Waals surface area contributed by atoms with E-state index in [1.807, 2.05) is 6.92 Å². The van der Waals surface area contributed by atoms with Crippen molar-refractivity contribution in [3.8, 4) is 0 Å². The lowest BCUT2D eigenvalue weighted by Gasteiger charge is -2.35. The van der Waals surface area contributed by atoms with Gasteiger partial charge in [0.2, 0.25) is 15.9 Å². The van der Waals surface area contributed by atoms with Crippen molar-refractivity contribution < 1.29 is 22.4 Å². The third-order valence-corrected chi connectivity index (χ3v) is 7.98. The number of hydrogen-bond donors (Lipinski definition) is 0. The predicted octanol–water partition coefficient (Wildman–Crippen LogP) is 2.80. The molecule has 0 atom stereocenters. The van der Waals surface area contributed by atoms with Crippen LogP contribution in [0.5, 0.6) is 0 Å². The Labute approximate surface area is 196 Å². The zero-order valence-corrected chi connectivity index (χ0v) is 19.4. The molecule has 4 rings (SSSR count). The average molecular weight is 493 g/mol. The normalized spacial score (nSPS) is 17.8. The summed E-state index contributed by atoms with van der Waals surface area (Å²) in [6, 6.07) is 9.77. The molecule has 33 heavy (non-hydrogen) atoms. The molecule has 1 fully saturated rings. The second-order valence-electron chi connectivity index (χ2n) is 7.84. The fraction of sp³-hybridized carbons (Fsp3) is 0.318. The van der Waals surface area contributed by atoms with E-state index in [0.717, 1.165) is 17.7 Å². The number of hydrogen-bond acceptors (Lipinski definition) is 5. The molecular formula is C22H22ClFN4O4S. The molecule has 11 heteroatoms. The fourth-order valence-electron chi connectivity index (χ4n) is 3.69. The number of benzene rings is 2. The van der Waals surface area contributed by atoms with Crippen LogP contribution in [-0.4, -0.2) is 61.3 Å². The molecule has 0 spiro atoms. The summed E-state index contributed by atoms with van der Waals surface area (Å²) in [7, 11) is -3.78. The highest BCUT2D eigenvalue weighted by atomic mass is 35.5. The first-order chi connectivity index (χ1) is 15.7. The molecule has 0 aliphatic carbocycles. The molecular weight excluding hydrogens is 471 g/mol. The van der Waals surface area contributed by atoms with Crippen LogP contribution in [0.1, 0.15) is 18.4 Å². The number of hydrazone groups is 1. The molecule has 2 aliphatic rings. The van der Waals surface area contributed by atoms with E-state index >= 15 is 0 Å². The second-order valence-corrected chi connectivity index (χ2v) is 10.2. The van der Waals surface area contributed by atoms with Crippen LogP contribution in [0.4, 0.5) is 10.1 Å². The number of aryl methyl sites for hydroxylation is 1. The van der Waals surface area contributed by atoms with E-state index in [0.29, 0.717) is 10.7 Å². The molecule has 1 saturated heterocycles. The summed E-state index contributed by atoms with van der Waals surface area (Å²) in [6.07, 6.45) is 0.344. The van der Waals surface area contributed by atoms with E-state index in [4.69, 9.17) is 11.6 Å².